The Morgan fingerprint density at radius 2 is 1.88 bits per heavy atom. The molecule has 0 aromatic heterocycles. The highest BCUT2D eigenvalue weighted by molar-refractivity contribution is 6.34. The van der Waals surface area contributed by atoms with Crippen LogP contribution in [0.4, 0.5) is 11.4 Å². The lowest BCUT2D eigenvalue weighted by Gasteiger charge is -2.10. The lowest BCUT2D eigenvalue weighted by Crippen LogP contribution is -2.25. The fraction of sp³-hybridized carbons (Fsp3) is 0.263. The molecule has 0 heterocycles. The quantitative estimate of drug-likeness (QED) is 0.652. The van der Waals surface area contributed by atoms with Crippen LogP contribution < -0.4 is 16.4 Å². The molecule has 2 amide bonds. The van der Waals surface area contributed by atoms with E-state index in [1.807, 2.05) is 24.3 Å². The third-order valence-electron chi connectivity index (χ3n) is 4.08. The largest absolute Gasteiger partial charge is 0.399 e. The lowest BCUT2D eigenvalue weighted by atomic mass is 10.1. The van der Waals surface area contributed by atoms with Gasteiger partial charge in [0.15, 0.2) is 0 Å². The van der Waals surface area contributed by atoms with E-state index < -0.39 is 0 Å². The number of para-hydroxylation sites is 1. The molecule has 0 saturated heterocycles. The summed E-state index contributed by atoms with van der Waals surface area (Å²) < 4.78 is 0. The number of aryl methyl sites for hydroxylation is 1. The van der Waals surface area contributed by atoms with Gasteiger partial charge in [-0.25, -0.2) is 0 Å². The summed E-state index contributed by atoms with van der Waals surface area (Å²) >= 11 is 6.10. The molecule has 0 atom stereocenters. The maximum absolute atomic E-state index is 12.2. The van der Waals surface area contributed by atoms with Crippen LogP contribution in [0.25, 0.3) is 0 Å². The van der Waals surface area contributed by atoms with Gasteiger partial charge in [-0.3, -0.25) is 9.59 Å². The lowest BCUT2D eigenvalue weighted by molar-refractivity contribution is -0.116. The van der Waals surface area contributed by atoms with Crippen LogP contribution in [0, 0.1) is 0 Å². The smallest absolute Gasteiger partial charge is 0.253 e. The molecule has 138 valence electrons. The highest BCUT2D eigenvalue weighted by Crippen LogP contribution is 2.24. The fourth-order valence-electron chi connectivity index (χ4n) is 2.50. The monoisotopic (exact) mass is 393 g/mol. The summed E-state index contributed by atoms with van der Waals surface area (Å²) in [5.74, 6) is -0.347. The van der Waals surface area contributed by atoms with Crippen LogP contribution in [-0.2, 0) is 11.2 Å². The van der Waals surface area contributed by atoms with Crippen LogP contribution >= 0.6 is 24.0 Å². The van der Waals surface area contributed by atoms with Gasteiger partial charge in [0, 0.05) is 23.8 Å². The number of halogens is 2. The molecule has 4 N–H and O–H groups in total. The van der Waals surface area contributed by atoms with E-state index in [0.29, 0.717) is 34.8 Å². The molecule has 0 radical (unpaired) electrons. The first-order valence-corrected chi connectivity index (χ1v) is 8.64. The first-order chi connectivity index (χ1) is 12.0. The molecule has 1 saturated carbocycles. The second-order valence-corrected chi connectivity index (χ2v) is 6.60. The van der Waals surface area contributed by atoms with E-state index >= 15 is 0 Å². The number of nitrogens with two attached hydrogens (primary N) is 1. The van der Waals surface area contributed by atoms with Crippen molar-refractivity contribution in [3.8, 4) is 0 Å². The van der Waals surface area contributed by atoms with Gasteiger partial charge in [-0.2, -0.15) is 0 Å². The highest BCUT2D eigenvalue weighted by Gasteiger charge is 2.24. The number of rotatable bonds is 6. The zero-order valence-corrected chi connectivity index (χ0v) is 15.7. The Kier molecular flexibility index (Phi) is 6.89. The van der Waals surface area contributed by atoms with E-state index in [2.05, 4.69) is 10.6 Å². The normalized spacial score (nSPS) is 12.8. The van der Waals surface area contributed by atoms with Crippen molar-refractivity contribution in [1.82, 2.24) is 5.32 Å². The first kappa shape index (κ1) is 20.1. The average Bonchev–Trinajstić information content (AvgIpc) is 3.40. The highest BCUT2D eigenvalue weighted by atomic mass is 35.5. The van der Waals surface area contributed by atoms with Crippen molar-refractivity contribution in [3.05, 3.63) is 58.6 Å². The minimum Gasteiger partial charge on any atom is -0.399 e. The number of hydrogen-bond acceptors (Lipinski definition) is 3. The molecule has 1 aliphatic rings. The molecule has 0 aliphatic heterocycles. The summed E-state index contributed by atoms with van der Waals surface area (Å²) in [6.45, 7) is 0. The van der Waals surface area contributed by atoms with Crippen molar-refractivity contribution in [1.29, 1.82) is 0 Å². The zero-order valence-electron chi connectivity index (χ0n) is 14.1. The predicted octanol–water partition coefficient (Wildman–Crippen LogP) is 3.81. The van der Waals surface area contributed by atoms with Crippen LogP contribution in [0.2, 0.25) is 5.02 Å². The topological polar surface area (TPSA) is 84.2 Å². The minimum atomic E-state index is -0.208. The van der Waals surface area contributed by atoms with Crippen LogP contribution in [-0.4, -0.2) is 17.9 Å². The number of hydrogen-bond donors (Lipinski definition) is 3. The summed E-state index contributed by atoms with van der Waals surface area (Å²) in [6, 6.07) is 12.6. The summed E-state index contributed by atoms with van der Waals surface area (Å²) in [6.07, 6.45) is 2.87. The first-order valence-electron chi connectivity index (χ1n) is 8.26. The van der Waals surface area contributed by atoms with E-state index in [9.17, 15) is 9.59 Å². The molecule has 26 heavy (non-hydrogen) atoms. The van der Waals surface area contributed by atoms with E-state index in [-0.39, 0.29) is 30.3 Å². The number of carbonyl (C=O) groups is 2. The second kappa shape index (κ2) is 8.92. The Hall–Kier alpha value is -2.24. The van der Waals surface area contributed by atoms with Gasteiger partial charge in [0.05, 0.1) is 10.6 Å². The van der Waals surface area contributed by atoms with E-state index in [0.717, 1.165) is 18.4 Å². The number of nitrogen functional groups attached to an aromatic ring is 1. The third kappa shape index (κ3) is 5.38. The SMILES string of the molecule is Cl.Nc1ccccc1CCC(=O)Nc1ccc(Cl)c(C(=O)NC2CC2)c1. The number of anilines is 2. The molecule has 2 aromatic rings. The Morgan fingerprint density at radius 3 is 2.58 bits per heavy atom. The molecule has 5 nitrogen and oxygen atoms in total. The van der Waals surface area contributed by atoms with E-state index in [1.165, 1.54) is 0 Å². The van der Waals surface area contributed by atoms with Gasteiger partial charge in [0.2, 0.25) is 5.91 Å². The fourth-order valence-corrected chi connectivity index (χ4v) is 2.70. The average molecular weight is 394 g/mol. The number of nitrogens with one attached hydrogen (secondary N) is 2. The Labute approximate surface area is 163 Å². The van der Waals surface area contributed by atoms with Crippen molar-refractivity contribution in [2.75, 3.05) is 11.1 Å². The summed E-state index contributed by atoms with van der Waals surface area (Å²) in [4.78, 5) is 24.3. The summed E-state index contributed by atoms with van der Waals surface area (Å²) in [7, 11) is 0. The Morgan fingerprint density at radius 1 is 1.15 bits per heavy atom. The minimum absolute atomic E-state index is 0. The van der Waals surface area contributed by atoms with Gasteiger partial charge in [-0.05, 0) is 49.1 Å². The van der Waals surface area contributed by atoms with Crippen molar-refractivity contribution in [2.24, 2.45) is 0 Å². The number of carbonyl (C=O) groups excluding carboxylic acids is 2. The molecule has 0 bridgehead atoms. The van der Waals surface area contributed by atoms with Crippen molar-refractivity contribution >= 4 is 47.2 Å². The second-order valence-electron chi connectivity index (χ2n) is 6.19. The van der Waals surface area contributed by atoms with Gasteiger partial charge < -0.3 is 16.4 Å². The van der Waals surface area contributed by atoms with Gasteiger partial charge in [0.1, 0.15) is 0 Å². The Balaban J connectivity index is 0.00000243. The van der Waals surface area contributed by atoms with Crippen LogP contribution in [0.1, 0.15) is 35.2 Å². The molecular weight excluding hydrogens is 373 g/mol. The standard InChI is InChI=1S/C19H20ClN3O2.ClH/c20-16-9-8-14(11-15(16)19(25)23-13-6-7-13)22-18(24)10-5-12-3-1-2-4-17(12)21;/h1-4,8-9,11,13H,5-7,10,21H2,(H,22,24)(H,23,25);1H. The van der Waals surface area contributed by atoms with Crippen molar-refractivity contribution in [2.45, 2.75) is 31.7 Å². The van der Waals surface area contributed by atoms with Gasteiger partial charge >= 0.3 is 0 Å². The van der Waals surface area contributed by atoms with Gasteiger partial charge in [-0.15, -0.1) is 12.4 Å². The van der Waals surface area contributed by atoms with Crippen molar-refractivity contribution < 1.29 is 9.59 Å². The molecule has 1 aliphatic carbocycles. The zero-order chi connectivity index (χ0) is 17.8. The van der Waals surface area contributed by atoms with Crippen molar-refractivity contribution in [3.63, 3.8) is 0 Å². The summed E-state index contributed by atoms with van der Waals surface area (Å²) in [5, 5.41) is 6.07. The molecule has 2 aromatic carbocycles. The van der Waals surface area contributed by atoms with Gasteiger partial charge in [-0.1, -0.05) is 29.8 Å². The molecular formula is C19H21Cl2N3O2. The third-order valence-corrected chi connectivity index (χ3v) is 4.41. The predicted molar refractivity (Wildman–Crippen MR) is 107 cm³/mol. The van der Waals surface area contributed by atoms with Gasteiger partial charge in [0.25, 0.3) is 5.91 Å². The van der Waals surface area contributed by atoms with E-state index in [4.69, 9.17) is 17.3 Å². The summed E-state index contributed by atoms with van der Waals surface area (Å²) in [5.41, 5.74) is 8.43. The van der Waals surface area contributed by atoms with Crippen LogP contribution in [0.15, 0.2) is 42.5 Å². The van der Waals surface area contributed by atoms with Crippen LogP contribution in [0.3, 0.4) is 0 Å². The molecule has 1 fully saturated rings. The molecule has 0 unspecified atom stereocenters. The van der Waals surface area contributed by atoms with Crippen LogP contribution in [0.5, 0.6) is 0 Å². The Bertz CT molecular complexity index is 807. The van der Waals surface area contributed by atoms with E-state index in [1.54, 1.807) is 18.2 Å². The molecule has 0 spiro atoms. The number of benzene rings is 2. The molecule has 7 heteroatoms. The maximum Gasteiger partial charge on any atom is 0.253 e. The molecule has 3 rings (SSSR count). The maximum atomic E-state index is 12.2. The number of amides is 2.